The average molecular weight is 194 g/mol. The van der Waals surface area contributed by atoms with E-state index < -0.39 is 0 Å². The number of rotatable bonds is 4. The van der Waals surface area contributed by atoms with Gasteiger partial charge in [0.15, 0.2) is 0 Å². The molecule has 0 bridgehead atoms. The molecule has 2 atom stereocenters. The van der Waals surface area contributed by atoms with E-state index in [1.807, 2.05) is 0 Å². The highest BCUT2D eigenvalue weighted by atomic mass is 15.1. The number of likely N-dealkylation sites (tertiary alicyclic amines) is 1. The van der Waals surface area contributed by atoms with Crippen molar-refractivity contribution in [2.24, 2.45) is 5.92 Å². The zero-order chi connectivity index (χ0) is 10.4. The van der Waals surface area contributed by atoms with E-state index >= 15 is 0 Å². The molecule has 0 spiro atoms. The molecule has 2 nitrogen and oxygen atoms in total. The molecule has 1 N–H and O–H groups in total. The summed E-state index contributed by atoms with van der Waals surface area (Å²) in [6.07, 6.45) is 8.80. The number of terminal acetylenes is 1. The van der Waals surface area contributed by atoms with E-state index in [1.165, 1.54) is 25.9 Å². The lowest BCUT2D eigenvalue weighted by Crippen LogP contribution is -2.39. The van der Waals surface area contributed by atoms with Gasteiger partial charge in [-0.1, -0.05) is 0 Å². The van der Waals surface area contributed by atoms with Crippen LogP contribution in [-0.2, 0) is 0 Å². The summed E-state index contributed by atoms with van der Waals surface area (Å²) in [5.41, 5.74) is 0. The Hall–Kier alpha value is -0.520. The van der Waals surface area contributed by atoms with Gasteiger partial charge in [0.05, 0.1) is 0 Å². The highest BCUT2D eigenvalue weighted by Gasteiger charge is 2.16. The van der Waals surface area contributed by atoms with Gasteiger partial charge in [-0.15, -0.1) is 12.3 Å². The molecule has 14 heavy (non-hydrogen) atoms. The SMILES string of the molecule is C#CCC(C)NCC1CCCN(C)C1. The van der Waals surface area contributed by atoms with Crippen molar-refractivity contribution in [1.29, 1.82) is 0 Å². The zero-order valence-corrected chi connectivity index (χ0v) is 9.42. The van der Waals surface area contributed by atoms with Crippen molar-refractivity contribution in [2.45, 2.75) is 32.2 Å². The lowest BCUT2D eigenvalue weighted by Gasteiger charge is -2.30. The second-order valence-electron chi connectivity index (χ2n) is 4.49. The van der Waals surface area contributed by atoms with E-state index in [2.05, 4.69) is 30.1 Å². The van der Waals surface area contributed by atoms with Crippen LogP contribution < -0.4 is 5.32 Å². The maximum atomic E-state index is 5.26. The van der Waals surface area contributed by atoms with Gasteiger partial charge in [0.1, 0.15) is 0 Å². The molecule has 2 unspecified atom stereocenters. The Kier molecular flexibility index (Phi) is 5.00. The van der Waals surface area contributed by atoms with Gasteiger partial charge >= 0.3 is 0 Å². The molecule has 0 radical (unpaired) electrons. The Balaban J connectivity index is 2.14. The summed E-state index contributed by atoms with van der Waals surface area (Å²) in [6, 6.07) is 0.465. The fourth-order valence-corrected chi connectivity index (χ4v) is 2.06. The summed E-state index contributed by atoms with van der Waals surface area (Å²) in [5, 5.41) is 3.50. The number of hydrogen-bond donors (Lipinski definition) is 1. The largest absolute Gasteiger partial charge is 0.313 e. The molecule has 80 valence electrons. The van der Waals surface area contributed by atoms with E-state index in [9.17, 15) is 0 Å². The minimum atomic E-state index is 0.465. The number of hydrogen-bond acceptors (Lipinski definition) is 2. The minimum absolute atomic E-state index is 0.465. The quantitative estimate of drug-likeness (QED) is 0.679. The Bertz CT molecular complexity index is 195. The third-order valence-corrected chi connectivity index (χ3v) is 2.90. The van der Waals surface area contributed by atoms with Gasteiger partial charge in [0.25, 0.3) is 0 Å². The van der Waals surface area contributed by atoms with Crippen molar-refractivity contribution in [2.75, 3.05) is 26.7 Å². The molecule has 1 aliphatic rings. The van der Waals surface area contributed by atoms with Crippen molar-refractivity contribution in [3.05, 3.63) is 0 Å². The first kappa shape index (κ1) is 11.6. The molecular formula is C12H22N2. The van der Waals surface area contributed by atoms with E-state index in [-0.39, 0.29) is 0 Å². The predicted molar refractivity (Wildman–Crippen MR) is 61.1 cm³/mol. The van der Waals surface area contributed by atoms with Crippen molar-refractivity contribution in [3.8, 4) is 12.3 Å². The first-order valence-corrected chi connectivity index (χ1v) is 5.57. The molecule has 1 rings (SSSR count). The number of nitrogens with one attached hydrogen (secondary N) is 1. The fourth-order valence-electron chi connectivity index (χ4n) is 2.06. The van der Waals surface area contributed by atoms with Crippen LogP contribution in [0, 0.1) is 18.3 Å². The first-order valence-electron chi connectivity index (χ1n) is 5.57. The van der Waals surface area contributed by atoms with Crippen molar-refractivity contribution >= 4 is 0 Å². The van der Waals surface area contributed by atoms with Gasteiger partial charge in [-0.3, -0.25) is 0 Å². The standard InChI is InChI=1S/C12H22N2/c1-4-6-11(2)13-9-12-7-5-8-14(3)10-12/h1,11-13H,5-10H2,2-3H3. The van der Waals surface area contributed by atoms with E-state index in [4.69, 9.17) is 6.42 Å². The lowest BCUT2D eigenvalue weighted by atomic mass is 9.98. The van der Waals surface area contributed by atoms with Gasteiger partial charge in [-0.2, -0.15) is 0 Å². The molecule has 0 aromatic rings. The van der Waals surface area contributed by atoms with E-state index in [0.29, 0.717) is 6.04 Å². The summed E-state index contributed by atoms with van der Waals surface area (Å²) in [5.74, 6) is 3.50. The maximum Gasteiger partial charge on any atom is 0.0238 e. The van der Waals surface area contributed by atoms with Gasteiger partial charge in [0, 0.05) is 19.0 Å². The number of nitrogens with zero attached hydrogens (tertiary/aromatic N) is 1. The highest BCUT2D eigenvalue weighted by molar-refractivity contribution is 4.88. The summed E-state index contributed by atoms with van der Waals surface area (Å²) >= 11 is 0. The number of piperidine rings is 1. The molecule has 1 heterocycles. The van der Waals surface area contributed by atoms with Crippen LogP contribution in [-0.4, -0.2) is 37.6 Å². The molecule has 0 aromatic carbocycles. The van der Waals surface area contributed by atoms with Crippen LogP contribution in [0.5, 0.6) is 0 Å². The van der Waals surface area contributed by atoms with Crippen LogP contribution in [0.3, 0.4) is 0 Å². The lowest BCUT2D eigenvalue weighted by molar-refractivity contribution is 0.203. The average Bonchev–Trinajstić information content (AvgIpc) is 2.15. The monoisotopic (exact) mass is 194 g/mol. The Morgan fingerprint density at radius 2 is 2.43 bits per heavy atom. The Labute approximate surface area is 88.1 Å². The van der Waals surface area contributed by atoms with Gasteiger partial charge in [-0.05, 0) is 45.8 Å². The topological polar surface area (TPSA) is 15.3 Å². The maximum absolute atomic E-state index is 5.26. The molecule has 0 aromatic heterocycles. The van der Waals surface area contributed by atoms with E-state index in [0.717, 1.165) is 18.9 Å². The molecular weight excluding hydrogens is 172 g/mol. The predicted octanol–water partition coefficient (Wildman–Crippen LogP) is 1.33. The Morgan fingerprint density at radius 1 is 1.64 bits per heavy atom. The molecule has 1 aliphatic heterocycles. The third kappa shape index (κ3) is 4.13. The second-order valence-corrected chi connectivity index (χ2v) is 4.49. The smallest absolute Gasteiger partial charge is 0.0238 e. The molecule has 0 aliphatic carbocycles. The van der Waals surface area contributed by atoms with Gasteiger partial charge in [0.2, 0.25) is 0 Å². The summed E-state index contributed by atoms with van der Waals surface area (Å²) in [6.45, 7) is 5.77. The van der Waals surface area contributed by atoms with Gasteiger partial charge < -0.3 is 10.2 Å². The van der Waals surface area contributed by atoms with Crippen LogP contribution in [0.15, 0.2) is 0 Å². The Morgan fingerprint density at radius 3 is 3.07 bits per heavy atom. The molecule has 0 amide bonds. The van der Waals surface area contributed by atoms with Crippen LogP contribution in [0.25, 0.3) is 0 Å². The van der Waals surface area contributed by atoms with Crippen LogP contribution in [0.1, 0.15) is 26.2 Å². The zero-order valence-electron chi connectivity index (χ0n) is 9.42. The molecule has 2 heteroatoms. The normalized spacial score (nSPS) is 25.6. The van der Waals surface area contributed by atoms with Crippen molar-refractivity contribution in [3.63, 3.8) is 0 Å². The molecule has 0 saturated carbocycles. The summed E-state index contributed by atoms with van der Waals surface area (Å²) in [4.78, 5) is 2.42. The second kappa shape index (κ2) is 6.06. The minimum Gasteiger partial charge on any atom is -0.313 e. The summed E-state index contributed by atoms with van der Waals surface area (Å²) < 4.78 is 0. The van der Waals surface area contributed by atoms with Crippen molar-refractivity contribution < 1.29 is 0 Å². The molecule has 1 saturated heterocycles. The third-order valence-electron chi connectivity index (χ3n) is 2.90. The summed E-state index contributed by atoms with van der Waals surface area (Å²) in [7, 11) is 2.21. The van der Waals surface area contributed by atoms with Gasteiger partial charge in [-0.25, -0.2) is 0 Å². The van der Waals surface area contributed by atoms with Crippen LogP contribution in [0.2, 0.25) is 0 Å². The fraction of sp³-hybridized carbons (Fsp3) is 0.833. The van der Waals surface area contributed by atoms with Crippen LogP contribution in [0.4, 0.5) is 0 Å². The van der Waals surface area contributed by atoms with Crippen LogP contribution >= 0.6 is 0 Å². The molecule has 1 fully saturated rings. The van der Waals surface area contributed by atoms with E-state index in [1.54, 1.807) is 0 Å². The first-order chi connectivity index (χ1) is 6.72. The highest BCUT2D eigenvalue weighted by Crippen LogP contribution is 2.14. The van der Waals surface area contributed by atoms with Crippen molar-refractivity contribution in [1.82, 2.24) is 10.2 Å².